The highest BCUT2D eigenvalue weighted by atomic mass is 35.5. The molecule has 1 heterocycles. The molecule has 7 heteroatoms. The van der Waals surface area contributed by atoms with Crippen molar-refractivity contribution in [3.05, 3.63) is 0 Å². The van der Waals surface area contributed by atoms with Crippen molar-refractivity contribution in [1.82, 2.24) is 4.90 Å². The van der Waals surface area contributed by atoms with E-state index in [0.29, 0.717) is 39.0 Å². The van der Waals surface area contributed by atoms with Crippen LogP contribution in [0, 0.1) is 11.8 Å². The summed E-state index contributed by atoms with van der Waals surface area (Å²) < 4.78 is 44.5. The number of hydrogen-bond acceptors (Lipinski definition) is 2. The molecule has 0 aromatic rings. The summed E-state index contributed by atoms with van der Waals surface area (Å²) in [5.41, 5.74) is 0. The normalized spacial score (nSPS) is 32.2. The van der Waals surface area contributed by atoms with E-state index in [-0.39, 0.29) is 24.3 Å². The lowest BCUT2D eigenvalue weighted by atomic mass is 9.78. The zero-order chi connectivity index (χ0) is 14.8. The Balaban J connectivity index is 2.05. The van der Waals surface area contributed by atoms with Crippen molar-refractivity contribution < 1.29 is 22.7 Å². The van der Waals surface area contributed by atoms with Crippen LogP contribution in [-0.4, -0.2) is 48.7 Å². The molecule has 1 aliphatic carbocycles. The Kier molecular flexibility index (Phi) is 5.18. The van der Waals surface area contributed by atoms with E-state index in [4.69, 9.17) is 16.3 Å². The second-order valence-electron chi connectivity index (χ2n) is 5.47. The maximum atomic E-state index is 13.0. The van der Waals surface area contributed by atoms with Crippen molar-refractivity contribution >= 4 is 17.5 Å². The SMILES string of the molecule is O=C(C1CCCCC1C(F)(F)F)N1CCOC(CCl)C1. The van der Waals surface area contributed by atoms with Crippen LogP contribution in [0.4, 0.5) is 13.2 Å². The van der Waals surface area contributed by atoms with Gasteiger partial charge in [-0.3, -0.25) is 4.79 Å². The molecule has 0 spiro atoms. The predicted octanol–water partition coefficient (Wildman–Crippen LogP) is 2.82. The average molecular weight is 314 g/mol. The molecule has 116 valence electrons. The van der Waals surface area contributed by atoms with Crippen molar-refractivity contribution in [2.75, 3.05) is 25.6 Å². The molecule has 0 aromatic heterocycles. The number of nitrogens with zero attached hydrogens (tertiary/aromatic N) is 1. The van der Waals surface area contributed by atoms with E-state index in [9.17, 15) is 18.0 Å². The molecule has 2 rings (SSSR count). The number of halogens is 4. The number of carbonyl (C=O) groups is 1. The van der Waals surface area contributed by atoms with Gasteiger partial charge in [-0.2, -0.15) is 13.2 Å². The van der Waals surface area contributed by atoms with Gasteiger partial charge in [0.2, 0.25) is 5.91 Å². The fourth-order valence-corrected chi connectivity index (χ4v) is 3.25. The highest BCUT2D eigenvalue weighted by Crippen LogP contribution is 2.42. The summed E-state index contributed by atoms with van der Waals surface area (Å²) in [5, 5.41) is 0. The van der Waals surface area contributed by atoms with Gasteiger partial charge in [-0.1, -0.05) is 12.8 Å². The molecular weight excluding hydrogens is 295 g/mol. The molecule has 0 N–H and O–H groups in total. The van der Waals surface area contributed by atoms with Gasteiger partial charge >= 0.3 is 6.18 Å². The minimum absolute atomic E-state index is 0.0587. The number of amides is 1. The molecule has 0 aromatic carbocycles. The van der Waals surface area contributed by atoms with Gasteiger partial charge in [-0.15, -0.1) is 11.6 Å². The third kappa shape index (κ3) is 3.58. The highest BCUT2D eigenvalue weighted by molar-refractivity contribution is 6.18. The molecule has 3 unspecified atom stereocenters. The second kappa shape index (κ2) is 6.52. The lowest BCUT2D eigenvalue weighted by Crippen LogP contribution is -2.51. The molecule has 3 nitrogen and oxygen atoms in total. The van der Waals surface area contributed by atoms with E-state index in [0.717, 1.165) is 0 Å². The average Bonchev–Trinajstić information content (AvgIpc) is 2.45. The quantitative estimate of drug-likeness (QED) is 0.734. The Hall–Kier alpha value is -0.490. The Labute approximate surface area is 121 Å². The van der Waals surface area contributed by atoms with Crippen LogP contribution in [0.25, 0.3) is 0 Å². The molecule has 2 aliphatic rings. The standard InChI is InChI=1S/C13H19ClF3NO2/c14-7-9-8-18(5-6-20-9)12(19)10-3-1-2-4-11(10)13(15,16)17/h9-11H,1-8H2. The van der Waals surface area contributed by atoms with Gasteiger partial charge in [0.15, 0.2) is 0 Å². The van der Waals surface area contributed by atoms with Crippen molar-refractivity contribution in [2.45, 2.75) is 38.0 Å². The highest BCUT2D eigenvalue weighted by Gasteiger charge is 2.49. The predicted molar refractivity (Wildman–Crippen MR) is 68.5 cm³/mol. The monoisotopic (exact) mass is 313 g/mol. The van der Waals surface area contributed by atoms with Crippen LogP contribution in [-0.2, 0) is 9.53 Å². The van der Waals surface area contributed by atoms with E-state index in [2.05, 4.69) is 0 Å². The Bertz CT molecular complexity index is 351. The molecule has 0 radical (unpaired) electrons. The van der Waals surface area contributed by atoms with E-state index >= 15 is 0 Å². The smallest absolute Gasteiger partial charge is 0.373 e. The summed E-state index contributed by atoms with van der Waals surface area (Å²) in [4.78, 5) is 13.9. The van der Waals surface area contributed by atoms with Crippen LogP contribution < -0.4 is 0 Å². The summed E-state index contributed by atoms with van der Waals surface area (Å²) in [6.45, 7) is 0.989. The van der Waals surface area contributed by atoms with Crippen LogP contribution in [0.2, 0.25) is 0 Å². The topological polar surface area (TPSA) is 29.5 Å². The fraction of sp³-hybridized carbons (Fsp3) is 0.923. The maximum absolute atomic E-state index is 13.0. The van der Waals surface area contributed by atoms with E-state index in [1.807, 2.05) is 0 Å². The third-order valence-electron chi connectivity index (χ3n) is 4.13. The number of morpholine rings is 1. The van der Waals surface area contributed by atoms with Gasteiger partial charge in [0.1, 0.15) is 0 Å². The zero-order valence-corrected chi connectivity index (χ0v) is 11.9. The number of hydrogen-bond donors (Lipinski definition) is 0. The van der Waals surface area contributed by atoms with Crippen LogP contribution in [0.5, 0.6) is 0 Å². The number of ether oxygens (including phenoxy) is 1. The largest absolute Gasteiger partial charge is 0.392 e. The van der Waals surface area contributed by atoms with Crippen molar-refractivity contribution in [3.8, 4) is 0 Å². The van der Waals surface area contributed by atoms with Gasteiger partial charge in [0.05, 0.1) is 24.5 Å². The first-order valence-electron chi connectivity index (χ1n) is 6.96. The number of rotatable bonds is 2. The molecule has 1 saturated carbocycles. The molecule has 3 atom stereocenters. The molecular formula is C13H19ClF3NO2. The Morgan fingerprint density at radius 1 is 1.30 bits per heavy atom. The first-order valence-corrected chi connectivity index (χ1v) is 7.50. The van der Waals surface area contributed by atoms with Crippen LogP contribution in [0.3, 0.4) is 0 Å². The van der Waals surface area contributed by atoms with Crippen molar-refractivity contribution in [3.63, 3.8) is 0 Å². The van der Waals surface area contributed by atoms with Gasteiger partial charge in [0, 0.05) is 19.0 Å². The molecule has 1 saturated heterocycles. The van der Waals surface area contributed by atoms with E-state index in [1.54, 1.807) is 0 Å². The second-order valence-corrected chi connectivity index (χ2v) is 5.78. The van der Waals surface area contributed by atoms with Gasteiger partial charge in [-0.25, -0.2) is 0 Å². The number of alkyl halides is 4. The summed E-state index contributed by atoms with van der Waals surface area (Å²) in [5.74, 6) is -2.57. The third-order valence-corrected chi connectivity index (χ3v) is 4.47. The van der Waals surface area contributed by atoms with Gasteiger partial charge < -0.3 is 9.64 Å². The molecule has 2 fully saturated rings. The van der Waals surface area contributed by atoms with Crippen LogP contribution >= 0.6 is 11.6 Å². The molecule has 20 heavy (non-hydrogen) atoms. The van der Waals surface area contributed by atoms with Gasteiger partial charge in [0.25, 0.3) is 0 Å². The minimum atomic E-state index is -4.29. The summed E-state index contributed by atoms with van der Waals surface area (Å²) >= 11 is 5.69. The molecule has 1 amide bonds. The maximum Gasteiger partial charge on any atom is 0.392 e. The van der Waals surface area contributed by atoms with E-state index < -0.39 is 18.0 Å². The fourth-order valence-electron chi connectivity index (χ4n) is 3.07. The zero-order valence-electron chi connectivity index (χ0n) is 11.2. The number of carbonyl (C=O) groups excluding carboxylic acids is 1. The van der Waals surface area contributed by atoms with Crippen molar-refractivity contribution in [2.24, 2.45) is 11.8 Å². The first-order chi connectivity index (χ1) is 9.43. The van der Waals surface area contributed by atoms with Gasteiger partial charge in [-0.05, 0) is 12.8 Å². The minimum Gasteiger partial charge on any atom is -0.373 e. The Morgan fingerprint density at radius 2 is 2.00 bits per heavy atom. The first kappa shape index (κ1) is 15.9. The lowest BCUT2D eigenvalue weighted by Gasteiger charge is -2.38. The van der Waals surface area contributed by atoms with E-state index in [1.165, 1.54) is 4.90 Å². The summed E-state index contributed by atoms with van der Waals surface area (Å²) in [6.07, 6.45) is -2.95. The lowest BCUT2D eigenvalue weighted by molar-refractivity contribution is -0.202. The molecule has 0 bridgehead atoms. The van der Waals surface area contributed by atoms with Crippen LogP contribution in [0.1, 0.15) is 25.7 Å². The molecule has 1 aliphatic heterocycles. The van der Waals surface area contributed by atoms with Crippen molar-refractivity contribution in [1.29, 1.82) is 0 Å². The summed E-state index contributed by atoms with van der Waals surface area (Å²) in [6, 6.07) is 0. The summed E-state index contributed by atoms with van der Waals surface area (Å²) in [7, 11) is 0. The Morgan fingerprint density at radius 3 is 2.65 bits per heavy atom. The van der Waals surface area contributed by atoms with Crippen LogP contribution in [0.15, 0.2) is 0 Å².